The van der Waals surface area contributed by atoms with Gasteiger partial charge in [0.15, 0.2) is 0 Å². The number of hydrogen-bond acceptors (Lipinski definition) is 8. The van der Waals surface area contributed by atoms with Crippen LogP contribution in [0.3, 0.4) is 0 Å². The molecule has 0 aliphatic carbocycles. The molecule has 0 spiro atoms. The van der Waals surface area contributed by atoms with E-state index in [9.17, 15) is 39.3 Å². The van der Waals surface area contributed by atoms with Gasteiger partial charge in [0.05, 0.1) is 0 Å². The van der Waals surface area contributed by atoms with Crippen molar-refractivity contribution in [2.24, 2.45) is 11.7 Å². The van der Waals surface area contributed by atoms with E-state index in [1.807, 2.05) is 13.8 Å². The number of phenols is 2. The molecule has 1 heterocycles. The van der Waals surface area contributed by atoms with Gasteiger partial charge in [0.25, 0.3) is 0 Å². The molecule has 13 nitrogen and oxygen atoms in total. The molecular weight excluding hydrogens is 749 g/mol. The van der Waals surface area contributed by atoms with E-state index in [-0.39, 0.29) is 54.5 Å². The third-order valence-electron chi connectivity index (χ3n) is 9.83. The molecule has 15 heteroatoms. The summed E-state index contributed by atoms with van der Waals surface area (Å²) in [5, 5.41) is 35.1. The van der Waals surface area contributed by atoms with Gasteiger partial charge in [0.1, 0.15) is 40.5 Å². The second-order valence-electron chi connectivity index (χ2n) is 14.9. The molecule has 1 fully saturated rings. The molecule has 0 radical (unpaired) electrons. The zero-order valence-corrected chi connectivity index (χ0v) is 33.5. The lowest BCUT2D eigenvalue weighted by molar-refractivity contribution is -0.153. The van der Waals surface area contributed by atoms with Crippen molar-refractivity contribution in [3.8, 4) is 11.5 Å². The van der Waals surface area contributed by atoms with Crippen LogP contribution in [0, 0.1) is 5.92 Å². The first kappa shape index (κ1) is 45.3. The molecule has 3 rings (SSSR count). The van der Waals surface area contributed by atoms with Crippen LogP contribution in [0.4, 0.5) is 0 Å². The minimum Gasteiger partial charge on any atom is -0.508 e. The topological polar surface area (TPSA) is 203 Å². The smallest absolute Gasteiger partial charge is 0.326 e. The highest BCUT2D eigenvalue weighted by atomic mass is 35.5. The number of nitrogens with two attached hydrogens (primary N) is 1. The average molecular weight is 807 g/mol. The Bertz CT molecular complexity index is 1560. The van der Waals surface area contributed by atoms with Crippen molar-refractivity contribution >= 4 is 52.8 Å². The van der Waals surface area contributed by atoms with Crippen molar-refractivity contribution in [1.82, 2.24) is 20.4 Å². The summed E-state index contributed by atoms with van der Waals surface area (Å²) in [6.45, 7) is 4.00. The molecule has 7 N–H and O–H groups in total. The van der Waals surface area contributed by atoms with Gasteiger partial charge in [-0.25, -0.2) is 4.79 Å². The number of unbranched alkanes of at least 4 members (excludes halogenated alkanes) is 3. The molecule has 4 amide bonds. The van der Waals surface area contributed by atoms with Gasteiger partial charge in [-0.05, 0) is 73.4 Å². The summed E-state index contributed by atoms with van der Waals surface area (Å²) < 4.78 is 0. The Morgan fingerprint density at radius 1 is 0.855 bits per heavy atom. The van der Waals surface area contributed by atoms with E-state index >= 15 is 0 Å². The number of likely N-dealkylation sites (N-methyl/N-ethyl adjacent to an activating group) is 1. The second-order valence-corrected chi connectivity index (χ2v) is 16.2. The Morgan fingerprint density at radius 3 is 1.96 bits per heavy atom. The Morgan fingerprint density at radius 2 is 1.42 bits per heavy atom. The van der Waals surface area contributed by atoms with E-state index in [0.717, 1.165) is 25.7 Å². The number of carbonyl (C=O) groups is 5. The maximum absolute atomic E-state index is 14.4. The number of rotatable bonds is 22. The van der Waals surface area contributed by atoms with Gasteiger partial charge in [-0.2, -0.15) is 0 Å². The molecule has 55 heavy (non-hydrogen) atoms. The first-order chi connectivity index (χ1) is 26.0. The molecule has 2 aromatic rings. The Labute approximate surface area is 333 Å². The van der Waals surface area contributed by atoms with Crippen LogP contribution in [-0.2, 0) is 36.8 Å². The van der Waals surface area contributed by atoms with Crippen molar-refractivity contribution in [3.05, 3.63) is 59.7 Å². The van der Waals surface area contributed by atoms with Crippen LogP contribution >= 0.6 is 23.2 Å². The van der Waals surface area contributed by atoms with E-state index < -0.39 is 59.8 Å². The Hall–Kier alpha value is -4.07. The van der Waals surface area contributed by atoms with Crippen molar-refractivity contribution in [2.75, 3.05) is 13.6 Å². The first-order valence-corrected chi connectivity index (χ1v) is 19.9. The van der Waals surface area contributed by atoms with Crippen LogP contribution in [0.25, 0.3) is 0 Å². The fraction of sp³-hybridized carbons (Fsp3) is 0.575. The molecule has 5 unspecified atom stereocenters. The molecule has 304 valence electrons. The van der Waals surface area contributed by atoms with E-state index in [4.69, 9.17) is 28.9 Å². The number of alkyl halides is 2. The monoisotopic (exact) mass is 805 g/mol. The van der Waals surface area contributed by atoms with Crippen molar-refractivity contribution in [3.63, 3.8) is 0 Å². The summed E-state index contributed by atoms with van der Waals surface area (Å²) in [6, 6.07) is 7.62. The summed E-state index contributed by atoms with van der Waals surface area (Å²) in [7, 11) is 1.46. The number of aliphatic carboxylic acids is 1. The van der Waals surface area contributed by atoms with Crippen LogP contribution in [0.15, 0.2) is 48.5 Å². The number of carboxylic acids is 1. The third-order valence-corrected chi connectivity index (χ3v) is 10.3. The fourth-order valence-electron chi connectivity index (χ4n) is 6.82. The highest BCUT2D eigenvalue weighted by Crippen LogP contribution is 2.23. The molecule has 0 saturated carbocycles. The number of benzene rings is 2. The van der Waals surface area contributed by atoms with Gasteiger partial charge in [-0.3, -0.25) is 19.2 Å². The predicted molar refractivity (Wildman–Crippen MR) is 212 cm³/mol. The second kappa shape index (κ2) is 22.5. The number of carboxylic acid groups (broad SMARTS) is 1. The molecule has 1 aliphatic rings. The standard InChI is InChI=1S/C40H57Cl2N5O8/c1-25(2)21-32(38(52)46(3)34(23-27-14-18-30(49)19-15-27)39(53)47-20-8-10-33(47)40(54)55)45-37(51)31(22-26-12-16-29(48)17-13-26)44-36(50)24-28(43)9-6-4-5-7-11-35(41)42/h12-19,25,28,31-35,48-49H,4-11,20-24,43H2,1-3H3,(H,44,50)(H,45,51)(H,54,55). The lowest BCUT2D eigenvalue weighted by atomic mass is 9.98. The van der Waals surface area contributed by atoms with Crippen molar-refractivity contribution < 1.29 is 39.3 Å². The number of amides is 4. The van der Waals surface area contributed by atoms with Crippen LogP contribution in [0.1, 0.15) is 89.2 Å². The number of hydrogen-bond donors (Lipinski definition) is 6. The number of aromatic hydroxyl groups is 2. The maximum atomic E-state index is 14.4. The zero-order chi connectivity index (χ0) is 40.7. The number of halogens is 2. The lowest BCUT2D eigenvalue weighted by Gasteiger charge is -2.35. The largest absolute Gasteiger partial charge is 0.508 e. The number of likely N-dealkylation sites (tertiary alicyclic amines) is 1. The molecule has 0 bridgehead atoms. The fourth-order valence-corrected chi connectivity index (χ4v) is 7.13. The highest BCUT2D eigenvalue weighted by molar-refractivity contribution is 6.44. The Balaban J connectivity index is 1.81. The minimum atomic E-state index is -1.13. The average Bonchev–Trinajstić information content (AvgIpc) is 3.63. The van der Waals surface area contributed by atoms with Gasteiger partial charge < -0.3 is 41.5 Å². The predicted octanol–water partition coefficient (Wildman–Crippen LogP) is 4.66. The first-order valence-electron chi connectivity index (χ1n) is 19.0. The lowest BCUT2D eigenvalue weighted by Crippen LogP contribution is -2.59. The Kier molecular flexibility index (Phi) is 18.5. The number of nitrogens with zero attached hydrogens (tertiary/aromatic N) is 2. The molecule has 5 atom stereocenters. The van der Waals surface area contributed by atoms with Crippen molar-refractivity contribution in [1.29, 1.82) is 0 Å². The van der Waals surface area contributed by atoms with Gasteiger partial charge in [0, 0.05) is 38.9 Å². The molecule has 1 aliphatic heterocycles. The number of nitrogens with one attached hydrogen (secondary N) is 2. The summed E-state index contributed by atoms with van der Waals surface area (Å²) in [5.41, 5.74) is 7.58. The molecule has 2 aromatic carbocycles. The number of carbonyl (C=O) groups excluding carboxylic acids is 4. The summed E-state index contributed by atoms with van der Waals surface area (Å²) in [4.78, 5) is 70.0. The molecule has 0 aromatic heterocycles. The van der Waals surface area contributed by atoms with Gasteiger partial charge in [-0.15, -0.1) is 23.2 Å². The van der Waals surface area contributed by atoms with Crippen LogP contribution in [-0.4, -0.2) is 103 Å². The van der Waals surface area contributed by atoms with Gasteiger partial charge in [0.2, 0.25) is 23.6 Å². The van der Waals surface area contributed by atoms with Gasteiger partial charge in [-0.1, -0.05) is 63.8 Å². The summed E-state index contributed by atoms with van der Waals surface area (Å²) in [5.74, 6) is -3.28. The quantitative estimate of drug-likeness (QED) is 0.0723. The zero-order valence-electron chi connectivity index (χ0n) is 32.0. The van der Waals surface area contributed by atoms with Crippen molar-refractivity contribution in [2.45, 2.75) is 126 Å². The summed E-state index contributed by atoms with van der Waals surface area (Å²) in [6.07, 6.45) is 5.98. The van der Waals surface area contributed by atoms with Gasteiger partial charge >= 0.3 is 5.97 Å². The normalized spacial score (nSPS) is 16.4. The molecule has 1 saturated heterocycles. The third kappa shape index (κ3) is 15.2. The van der Waals surface area contributed by atoms with Crippen LogP contribution in [0.5, 0.6) is 11.5 Å². The maximum Gasteiger partial charge on any atom is 0.326 e. The highest BCUT2D eigenvalue weighted by Gasteiger charge is 2.41. The van der Waals surface area contributed by atoms with E-state index in [1.54, 1.807) is 24.3 Å². The number of phenolic OH excluding ortho intramolecular Hbond substituents is 2. The SMILES string of the molecule is CC(C)CC(NC(=O)C(Cc1ccc(O)cc1)NC(=O)CC(N)CCCCCCC(Cl)Cl)C(=O)N(C)C(Cc1ccc(O)cc1)C(=O)N1CCCC1C(=O)O. The van der Waals surface area contributed by atoms with E-state index in [0.29, 0.717) is 36.8 Å². The van der Waals surface area contributed by atoms with Crippen LogP contribution in [0.2, 0.25) is 0 Å². The van der Waals surface area contributed by atoms with Crippen LogP contribution < -0.4 is 16.4 Å². The van der Waals surface area contributed by atoms with E-state index in [1.165, 1.54) is 41.1 Å². The molecular formula is C40H57Cl2N5O8. The van der Waals surface area contributed by atoms with E-state index in [2.05, 4.69) is 10.6 Å². The minimum absolute atomic E-state index is 0.0171. The summed E-state index contributed by atoms with van der Waals surface area (Å²) >= 11 is 11.6.